The van der Waals surface area contributed by atoms with Gasteiger partial charge in [-0.15, -0.1) is 0 Å². The molecule has 1 N–H and O–H groups in total. The van der Waals surface area contributed by atoms with E-state index >= 15 is 0 Å². The summed E-state index contributed by atoms with van der Waals surface area (Å²) in [5.41, 5.74) is 1.70. The van der Waals surface area contributed by atoms with Gasteiger partial charge in [-0.2, -0.15) is 0 Å². The largest absolute Gasteiger partial charge is 0.341 e. The molecule has 0 aromatic carbocycles. The Bertz CT molecular complexity index is 524. The van der Waals surface area contributed by atoms with Crippen molar-refractivity contribution in [3.05, 3.63) is 32.2 Å². The molecular formula is C11H14BrN3O2. The SMILES string of the molecule is CNC(=O)N1CCc2c(Br)cn(C)c(=O)c2C1. The molecule has 0 saturated heterocycles. The summed E-state index contributed by atoms with van der Waals surface area (Å²) in [5, 5.41) is 2.58. The molecule has 17 heavy (non-hydrogen) atoms. The van der Waals surface area contributed by atoms with Crippen molar-refractivity contribution in [1.82, 2.24) is 14.8 Å². The number of aryl methyl sites for hydroxylation is 1. The summed E-state index contributed by atoms with van der Waals surface area (Å²) < 4.78 is 2.47. The van der Waals surface area contributed by atoms with Crippen molar-refractivity contribution in [3.63, 3.8) is 0 Å². The minimum absolute atomic E-state index is 0.0307. The molecule has 6 heteroatoms. The number of aromatic nitrogens is 1. The number of nitrogens with zero attached hydrogens (tertiary/aromatic N) is 2. The molecule has 1 aliphatic heterocycles. The number of halogens is 1. The third-order valence-corrected chi connectivity index (χ3v) is 3.70. The predicted octanol–water partition coefficient (Wildman–Crippen LogP) is 0.845. The zero-order valence-corrected chi connectivity index (χ0v) is 11.4. The molecule has 0 bridgehead atoms. The van der Waals surface area contributed by atoms with Crippen LogP contribution in [0.2, 0.25) is 0 Å². The first-order valence-electron chi connectivity index (χ1n) is 5.38. The van der Waals surface area contributed by atoms with Crippen LogP contribution < -0.4 is 10.9 Å². The zero-order chi connectivity index (χ0) is 12.6. The summed E-state index contributed by atoms with van der Waals surface area (Å²) in [6, 6.07) is -0.141. The van der Waals surface area contributed by atoms with E-state index in [2.05, 4.69) is 21.2 Å². The van der Waals surface area contributed by atoms with Crippen molar-refractivity contribution in [2.45, 2.75) is 13.0 Å². The van der Waals surface area contributed by atoms with E-state index < -0.39 is 0 Å². The van der Waals surface area contributed by atoms with Crippen molar-refractivity contribution in [2.75, 3.05) is 13.6 Å². The topological polar surface area (TPSA) is 54.3 Å². The van der Waals surface area contributed by atoms with Crippen LogP contribution in [0.5, 0.6) is 0 Å². The second-order valence-corrected chi connectivity index (χ2v) is 4.93. The lowest BCUT2D eigenvalue weighted by molar-refractivity contribution is 0.194. The molecule has 2 rings (SSSR count). The van der Waals surface area contributed by atoms with Crippen molar-refractivity contribution in [3.8, 4) is 0 Å². The number of fused-ring (bicyclic) bond motifs is 1. The number of pyridine rings is 1. The summed E-state index contributed by atoms with van der Waals surface area (Å²) in [5.74, 6) is 0. The lowest BCUT2D eigenvalue weighted by Crippen LogP contribution is -2.43. The fourth-order valence-corrected chi connectivity index (χ4v) is 2.82. The molecule has 0 saturated carbocycles. The fraction of sp³-hybridized carbons (Fsp3) is 0.455. The van der Waals surface area contributed by atoms with Crippen LogP contribution in [0.3, 0.4) is 0 Å². The highest BCUT2D eigenvalue weighted by Gasteiger charge is 2.24. The third kappa shape index (κ3) is 2.09. The number of urea groups is 1. The highest BCUT2D eigenvalue weighted by atomic mass is 79.9. The molecule has 0 unspecified atom stereocenters. The van der Waals surface area contributed by atoms with Gasteiger partial charge in [0.1, 0.15) is 0 Å². The van der Waals surface area contributed by atoms with Crippen molar-refractivity contribution in [2.24, 2.45) is 7.05 Å². The fourth-order valence-electron chi connectivity index (χ4n) is 2.07. The maximum Gasteiger partial charge on any atom is 0.317 e. The first kappa shape index (κ1) is 12.2. The molecule has 0 radical (unpaired) electrons. The van der Waals surface area contributed by atoms with Gasteiger partial charge in [-0.05, 0) is 27.9 Å². The van der Waals surface area contributed by atoms with Gasteiger partial charge in [0.15, 0.2) is 0 Å². The van der Waals surface area contributed by atoms with E-state index in [0.717, 1.165) is 10.0 Å². The van der Waals surface area contributed by atoms with Gasteiger partial charge in [-0.25, -0.2) is 4.79 Å². The van der Waals surface area contributed by atoms with Crippen LogP contribution in [-0.4, -0.2) is 29.1 Å². The molecular weight excluding hydrogens is 286 g/mol. The van der Waals surface area contributed by atoms with Gasteiger partial charge in [-0.3, -0.25) is 4.79 Å². The third-order valence-electron chi connectivity index (χ3n) is 3.02. The van der Waals surface area contributed by atoms with Gasteiger partial charge < -0.3 is 14.8 Å². The van der Waals surface area contributed by atoms with E-state index in [0.29, 0.717) is 25.1 Å². The molecule has 2 heterocycles. The molecule has 1 aromatic heterocycles. The number of carbonyl (C=O) groups excluding carboxylic acids is 1. The lowest BCUT2D eigenvalue weighted by Gasteiger charge is -2.28. The summed E-state index contributed by atoms with van der Waals surface area (Å²) >= 11 is 3.46. The Labute approximate surface area is 108 Å². The van der Waals surface area contributed by atoms with Crippen molar-refractivity contribution >= 4 is 22.0 Å². The monoisotopic (exact) mass is 299 g/mol. The molecule has 0 fully saturated rings. The van der Waals surface area contributed by atoms with E-state index in [-0.39, 0.29) is 11.6 Å². The molecule has 1 aliphatic rings. The Morgan fingerprint density at radius 1 is 1.47 bits per heavy atom. The maximum absolute atomic E-state index is 12.0. The summed E-state index contributed by atoms with van der Waals surface area (Å²) in [6.07, 6.45) is 2.48. The van der Waals surface area contributed by atoms with E-state index in [1.807, 2.05) is 0 Å². The average Bonchev–Trinajstić information content (AvgIpc) is 2.34. The van der Waals surface area contributed by atoms with Crippen LogP contribution in [0.1, 0.15) is 11.1 Å². The lowest BCUT2D eigenvalue weighted by atomic mass is 10.0. The van der Waals surface area contributed by atoms with Crippen molar-refractivity contribution in [1.29, 1.82) is 0 Å². The highest BCUT2D eigenvalue weighted by molar-refractivity contribution is 9.10. The smallest absolute Gasteiger partial charge is 0.317 e. The number of nitrogens with one attached hydrogen (secondary N) is 1. The van der Waals surface area contributed by atoms with E-state index in [9.17, 15) is 9.59 Å². The second kappa shape index (κ2) is 4.52. The van der Waals surface area contributed by atoms with Gasteiger partial charge in [-0.1, -0.05) is 0 Å². The zero-order valence-electron chi connectivity index (χ0n) is 9.79. The van der Waals surface area contributed by atoms with E-state index in [1.54, 1.807) is 25.2 Å². The molecule has 1 aromatic rings. The number of hydrogen-bond donors (Lipinski definition) is 1. The number of hydrogen-bond acceptors (Lipinski definition) is 2. The molecule has 0 atom stereocenters. The Hall–Kier alpha value is -1.30. The molecule has 92 valence electrons. The second-order valence-electron chi connectivity index (χ2n) is 4.08. The molecule has 5 nitrogen and oxygen atoms in total. The molecule has 0 aliphatic carbocycles. The first-order chi connectivity index (χ1) is 8.04. The van der Waals surface area contributed by atoms with Gasteiger partial charge >= 0.3 is 6.03 Å². The van der Waals surface area contributed by atoms with Crippen LogP contribution in [0.4, 0.5) is 4.79 Å². The van der Waals surface area contributed by atoms with Gasteiger partial charge in [0, 0.05) is 36.9 Å². The van der Waals surface area contributed by atoms with E-state index in [4.69, 9.17) is 0 Å². The van der Waals surface area contributed by atoms with Crippen molar-refractivity contribution < 1.29 is 4.79 Å². The number of amides is 2. The Kier molecular flexibility index (Phi) is 3.24. The summed E-state index contributed by atoms with van der Waals surface area (Å²) in [6.45, 7) is 1.01. The van der Waals surface area contributed by atoms with E-state index in [1.165, 1.54) is 4.57 Å². The Balaban J connectivity index is 2.44. The maximum atomic E-state index is 12.0. The molecule has 2 amide bonds. The van der Waals surface area contributed by atoms with Gasteiger partial charge in [0.05, 0.1) is 6.54 Å². The van der Waals surface area contributed by atoms with Crippen LogP contribution in [0.15, 0.2) is 15.5 Å². The molecule has 0 spiro atoms. The first-order valence-corrected chi connectivity index (χ1v) is 6.17. The predicted molar refractivity (Wildman–Crippen MR) is 68.0 cm³/mol. The highest BCUT2D eigenvalue weighted by Crippen LogP contribution is 2.23. The number of carbonyl (C=O) groups is 1. The Morgan fingerprint density at radius 3 is 2.82 bits per heavy atom. The quantitative estimate of drug-likeness (QED) is 0.772. The minimum atomic E-state index is -0.141. The minimum Gasteiger partial charge on any atom is -0.341 e. The van der Waals surface area contributed by atoms with Gasteiger partial charge in [0.2, 0.25) is 0 Å². The normalized spacial score (nSPS) is 14.4. The van der Waals surface area contributed by atoms with Crippen LogP contribution in [0, 0.1) is 0 Å². The van der Waals surface area contributed by atoms with Crippen LogP contribution in [0.25, 0.3) is 0 Å². The average molecular weight is 300 g/mol. The summed E-state index contributed by atoms with van der Waals surface area (Å²) in [4.78, 5) is 25.2. The van der Waals surface area contributed by atoms with Crippen LogP contribution in [-0.2, 0) is 20.0 Å². The Morgan fingerprint density at radius 2 is 2.18 bits per heavy atom. The number of rotatable bonds is 0. The summed E-state index contributed by atoms with van der Waals surface area (Å²) in [7, 11) is 3.31. The van der Waals surface area contributed by atoms with Gasteiger partial charge in [0.25, 0.3) is 5.56 Å². The standard InChI is InChI=1S/C11H14BrN3O2/c1-13-11(17)15-4-3-7-8(5-15)10(16)14(2)6-9(7)12/h6H,3-5H2,1-2H3,(H,13,17). The van der Waals surface area contributed by atoms with Crippen LogP contribution >= 0.6 is 15.9 Å².